The first-order chi connectivity index (χ1) is 13.5. The molecule has 4 rings (SSSR count). The Hall–Kier alpha value is -3.04. The van der Waals surface area contributed by atoms with Gasteiger partial charge in [-0.15, -0.1) is 0 Å². The second-order valence-corrected chi connectivity index (χ2v) is 7.11. The summed E-state index contributed by atoms with van der Waals surface area (Å²) in [7, 11) is 0. The Balaban J connectivity index is 1.91. The summed E-state index contributed by atoms with van der Waals surface area (Å²) in [4.78, 5) is 25.7. The summed E-state index contributed by atoms with van der Waals surface area (Å²) >= 11 is 0. The molecule has 0 aromatic carbocycles. The Kier molecular flexibility index (Phi) is 4.70. The number of hydrogen-bond donors (Lipinski definition) is 4. The molecule has 0 radical (unpaired) electrons. The molecule has 3 heterocycles. The SMILES string of the molecule is Nc1ncc(-c2cc3ccn(CCO)c(=O)c3c(NC3(CO)CCC3)n2)cn1. The summed E-state index contributed by atoms with van der Waals surface area (Å²) in [5.74, 6) is 0.582. The molecule has 0 amide bonds. The molecular weight excluding hydrogens is 360 g/mol. The Labute approximate surface area is 160 Å². The Morgan fingerprint density at radius 1 is 1.25 bits per heavy atom. The van der Waals surface area contributed by atoms with E-state index in [1.54, 1.807) is 24.7 Å². The molecule has 3 aromatic rings. The van der Waals surface area contributed by atoms with E-state index >= 15 is 0 Å². The average Bonchev–Trinajstić information content (AvgIpc) is 2.67. The molecule has 0 aliphatic heterocycles. The van der Waals surface area contributed by atoms with Crippen molar-refractivity contribution in [3.8, 4) is 11.3 Å². The molecule has 9 heteroatoms. The number of aromatic nitrogens is 4. The number of hydrogen-bond acceptors (Lipinski definition) is 8. The van der Waals surface area contributed by atoms with Gasteiger partial charge in [0.05, 0.1) is 29.8 Å². The van der Waals surface area contributed by atoms with Gasteiger partial charge in [0.15, 0.2) is 0 Å². The van der Waals surface area contributed by atoms with Crippen LogP contribution in [0.1, 0.15) is 19.3 Å². The van der Waals surface area contributed by atoms with E-state index in [0.717, 1.165) is 19.3 Å². The van der Waals surface area contributed by atoms with Crippen molar-refractivity contribution in [1.29, 1.82) is 0 Å². The number of aliphatic hydroxyl groups is 2. The van der Waals surface area contributed by atoms with E-state index in [-0.39, 0.29) is 31.3 Å². The molecule has 3 aromatic heterocycles. The first kappa shape index (κ1) is 18.3. The summed E-state index contributed by atoms with van der Waals surface area (Å²) in [6.45, 7) is 0.0268. The standard InChI is InChI=1S/C19H22N6O3/c20-18-21-9-13(10-22-18)14-8-12-2-5-25(6-7-26)17(28)15(12)16(23-14)24-19(11-27)3-1-4-19/h2,5,8-10,26-27H,1,3-4,6-7,11H2,(H,23,24)(H2,20,21,22). The minimum Gasteiger partial charge on any atom is -0.395 e. The Morgan fingerprint density at radius 3 is 2.61 bits per heavy atom. The van der Waals surface area contributed by atoms with E-state index < -0.39 is 5.54 Å². The van der Waals surface area contributed by atoms with Crippen molar-refractivity contribution in [3.05, 3.63) is 41.1 Å². The van der Waals surface area contributed by atoms with Crippen LogP contribution < -0.4 is 16.6 Å². The minimum atomic E-state index is -0.472. The van der Waals surface area contributed by atoms with Crippen molar-refractivity contribution >= 4 is 22.5 Å². The highest BCUT2D eigenvalue weighted by Crippen LogP contribution is 2.36. The van der Waals surface area contributed by atoms with Crippen LogP contribution in [0.2, 0.25) is 0 Å². The molecule has 1 aliphatic carbocycles. The zero-order chi connectivity index (χ0) is 19.7. The number of fused-ring (bicyclic) bond motifs is 1. The summed E-state index contributed by atoms with van der Waals surface area (Å²) in [6, 6.07) is 3.61. The summed E-state index contributed by atoms with van der Waals surface area (Å²) in [5, 5.41) is 23.5. The zero-order valence-corrected chi connectivity index (χ0v) is 15.3. The van der Waals surface area contributed by atoms with Crippen LogP contribution in [-0.4, -0.2) is 48.5 Å². The van der Waals surface area contributed by atoms with Gasteiger partial charge in [-0.3, -0.25) is 4.79 Å². The topological polar surface area (TPSA) is 139 Å². The largest absolute Gasteiger partial charge is 0.395 e. The van der Waals surface area contributed by atoms with Gasteiger partial charge in [0.25, 0.3) is 5.56 Å². The Bertz CT molecular complexity index is 1050. The zero-order valence-electron chi connectivity index (χ0n) is 15.3. The first-order valence-corrected chi connectivity index (χ1v) is 9.17. The van der Waals surface area contributed by atoms with Gasteiger partial charge in [0.1, 0.15) is 5.82 Å². The van der Waals surface area contributed by atoms with Crippen LogP contribution >= 0.6 is 0 Å². The lowest BCUT2D eigenvalue weighted by atomic mass is 9.77. The monoisotopic (exact) mass is 382 g/mol. The number of nitrogens with zero attached hydrogens (tertiary/aromatic N) is 4. The molecule has 0 atom stereocenters. The van der Waals surface area contributed by atoms with Crippen molar-refractivity contribution in [2.24, 2.45) is 0 Å². The second kappa shape index (κ2) is 7.17. The number of rotatable bonds is 6. The van der Waals surface area contributed by atoms with Gasteiger partial charge in [-0.1, -0.05) is 0 Å². The van der Waals surface area contributed by atoms with E-state index in [4.69, 9.17) is 5.73 Å². The fourth-order valence-electron chi connectivity index (χ4n) is 3.47. The smallest absolute Gasteiger partial charge is 0.262 e. The van der Waals surface area contributed by atoms with E-state index in [1.165, 1.54) is 4.57 Å². The molecular formula is C19H22N6O3. The van der Waals surface area contributed by atoms with Gasteiger partial charge >= 0.3 is 0 Å². The van der Waals surface area contributed by atoms with Crippen LogP contribution in [0, 0.1) is 0 Å². The molecule has 1 aliphatic rings. The van der Waals surface area contributed by atoms with E-state index in [0.29, 0.717) is 27.8 Å². The number of pyridine rings is 2. The predicted molar refractivity (Wildman–Crippen MR) is 106 cm³/mol. The maximum atomic E-state index is 13.0. The second-order valence-electron chi connectivity index (χ2n) is 7.11. The average molecular weight is 382 g/mol. The molecule has 9 nitrogen and oxygen atoms in total. The van der Waals surface area contributed by atoms with Crippen molar-refractivity contribution < 1.29 is 10.2 Å². The maximum Gasteiger partial charge on any atom is 0.262 e. The molecule has 0 bridgehead atoms. The molecule has 28 heavy (non-hydrogen) atoms. The molecule has 1 fully saturated rings. The van der Waals surface area contributed by atoms with Crippen molar-refractivity contribution in [2.75, 3.05) is 24.3 Å². The van der Waals surface area contributed by atoms with Gasteiger partial charge in [0, 0.05) is 30.7 Å². The van der Waals surface area contributed by atoms with E-state index in [1.807, 2.05) is 6.07 Å². The van der Waals surface area contributed by atoms with E-state index in [9.17, 15) is 15.0 Å². The molecule has 5 N–H and O–H groups in total. The lowest BCUT2D eigenvalue weighted by Gasteiger charge is -2.41. The third kappa shape index (κ3) is 3.19. The van der Waals surface area contributed by atoms with Crippen molar-refractivity contribution in [2.45, 2.75) is 31.3 Å². The van der Waals surface area contributed by atoms with Gasteiger partial charge in [0.2, 0.25) is 5.95 Å². The van der Waals surface area contributed by atoms with Gasteiger partial charge in [-0.2, -0.15) is 0 Å². The third-order valence-electron chi connectivity index (χ3n) is 5.26. The van der Waals surface area contributed by atoms with Crippen molar-refractivity contribution in [3.63, 3.8) is 0 Å². The highest BCUT2D eigenvalue weighted by Gasteiger charge is 2.37. The van der Waals surface area contributed by atoms with Crippen LogP contribution in [0.25, 0.3) is 22.0 Å². The van der Waals surface area contributed by atoms with Gasteiger partial charge in [-0.05, 0) is 36.8 Å². The lowest BCUT2D eigenvalue weighted by Crippen LogP contribution is -2.48. The Morgan fingerprint density at radius 2 is 2.00 bits per heavy atom. The van der Waals surface area contributed by atoms with Gasteiger partial charge in [-0.25, -0.2) is 15.0 Å². The molecule has 0 saturated heterocycles. The van der Waals surface area contributed by atoms with Crippen LogP contribution in [0.3, 0.4) is 0 Å². The molecule has 0 spiro atoms. The van der Waals surface area contributed by atoms with E-state index in [2.05, 4.69) is 20.3 Å². The maximum absolute atomic E-state index is 13.0. The minimum absolute atomic E-state index is 0.0386. The molecule has 146 valence electrons. The van der Waals surface area contributed by atoms with Crippen molar-refractivity contribution in [1.82, 2.24) is 19.5 Å². The summed E-state index contributed by atoms with van der Waals surface area (Å²) in [5.41, 5.74) is 6.13. The summed E-state index contributed by atoms with van der Waals surface area (Å²) in [6.07, 6.45) is 7.43. The van der Waals surface area contributed by atoms with Crippen LogP contribution in [0.5, 0.6) is 0 Å². The third-order valence-corrected chi connectivity index (χ3v) is 5.26. The van der Waals surface area contributed by atoms with Gasteiger partial charge < -0.3 is 25.8 Å². The predicted octanol–water partition coefficient (Wildman–Crippen LogP) is 0.755. The first-order valence-electron chi connectivity index (χ1n) is 9.17. The van der Waals surface area contributed by atoms with Crippen LogP contribution in [0.4, 0.5) is 11.8 Å². The molecule has 1 saturated carbocycles. The number of aliphatic hydroxyl groups excluding tert-OH is 2. The fraction of sp³-hybridized carbons (Fsp3) is 0.368. The fourth-order valence-corrected chi connectivity index (χ4v) is 3.47. The number of anilines is 2. The quantitative estimate of drug-likeness (QED) is 0.490. The number of nitrogens with one attached hydrogen (secondary N) is 1. The highest BCUT2D eigenvalue weighted by molar-refractivity contribution is 5.94. The summed E-state index contributed by atoms with van der Waals surface area (Å²) < 4.78 is 1.45. The van der Waals surface area contributed by atoms with Crippen LogP contribution in [-0.2, 0) is 6.54 Å². The number of nitrogens with two attached hydrogens (primary N) is 1. The molecule has 0 unspecified atom stereocenters. The lowest BCUT2D eigenvalue weighted by molar-refractivity contribution is 0.144. The van der Waals surface area contributed by atoms with Crippen LogP contribution in [0.15, 0.2) is 35.5 Å². The normalized spacial score (nSPS) is 15.4. The highest BCUT2D eigenvalue weighted by atomic mass is 16.3. The number of nitrogen functional groups attached to an aromatic ring is 1.